The molecule has 4 heteroatoms. The molecule has 0 radical (unpaired) electrons. The number of anilines is 1. The molecular formula is C7H8Cl2N2. The van der Waals surface area contributed by atoms with Gasteiger partial charge >= 0.3 is 0 Å². The Balaban J connectivity index is 2.86. The van der Waals surface area contributed by atoms with Gasteiger partial charge in [-0.25, -0.2) is 0 Å². The molecule has 0 aliphatic rings. The number of aryl methyl sites for hydroxylation is 1. The summed E-state index contributed by atoms with van der Waals surface area (Å²) in [5.41, 5.74) is 1.67. The summed E-state index contributed by atoms with van der Waals surface area (Å²) in [6, 6.07) is 2.16. The van der Waals surface area contributed by atoms with Gasteiger partial charge in [-0.2, -0.15) is 0 Å². The molecule has 0 saturated carbocycles. The third kappa shape index (κ3) is 2.24. The Kier molecular flexibility index (Phi) is 2.97. The molecule has 1 N–H and O–H groups in total. The quantitative estimate of drug-likeness (QED) is 0.574. The van der Waals surface area contributed by atoms with Gasteiger partial charge in [0.05, 0.1) is 28.6 Å². The van der Waals surface area contributed by atoms with E-state index in [0.29, 0.717) is 11.0 Å². The van der Waals surface area contributed by atoms with Crippen LogP contribution < -0.4 is 5.32 Å². The fourth-order valence-corrected chi connectivity index (χ4v) is 1.00. The van der Waals surface area contributed by atoms with Crippen LogP contribution in [0.3, 0.4) is 0 Å². The molecule has 2 nitrogen and oxygen atoms in total. The van der Waals surface area contributed by atoms with Crippen LogP contribution in [-0.2, 0) is 0 Å². The molecule has 0 bridgehead atoms. The van der Waals surface area contributed by atoms with E-state index in [1.165, 1.54) is 0 Å². The maximum atomic E-state index is 5.80. The van der Waals surface area contributed by atoms with E-state index in [-0.39, 0.29) is 0 Å². The van der Waals surface area contributed by atoms with Crippen molar-refractivity contribution in [2.45, 2.75) is 6.92 Å². The highest BCUT2D eigenvalue weighted by atomic mass is 35.5. The molecule has 0 aliphatic carbocycles. The van der Waals surface area contributed by atoms with Crippen molar-refractivity contribution in [2.24, 2.45) is 0 Å². The highest BCUT2D eigenvalue weighted by Gasteiger charge is 1.96. The molecule has 11 heavy (non-hydrogen) atoms. The van der Waals surface area contributed by atoms with Gasteiger partial charge in [0.25, 0.3) is 0 Å². The minimum atomic E-state index is 0.362. The van der Waals surface area contributed by atoms with E-state index < -0.39 is 0 Å². The third-order valence-electron chi connectivity index (χ3n) is 1.30. The number of nitrogens with one attached hydrogen (secondary N) is 1. The molecule has 0 atom stereocenters. The fraction of sp³-hybridized carbons (Fsp3) is 0.286. The zero-order chi connectivity index (χ0) is 8.27. The van der Waals surface area contributed by atoms with Crippen LogP contribution in [0.5, 0.6) is 0 Å². The average molecular weight is 191 g/mol. The molecule has 0 aromatic carbocycles. The van der Waals surface area contributed by atoms with Gasteiger partial charge in [-0.1, -0.05) is 11.6 Å². The summed E-state index contributed by atoms with van der Waals surface area (Å²) in [7, 11) is 0. The lowest BCUT2D eigenvalue weighted by atomic mass is 10.3. The molecule has 0 fully saturated rings. The zero-order valence-corrected chi connectivity index (χ0v) is 7.58. The lowest BCUT2D eigenvalue weighted by Crippen LogP contribution is -1.95. The van der Waals surface area contributed by atoms with Crippen molar-refractivity contribution < 1.29 is 0 Å². The van der Waals surface area contributed by atoms with Crippen LogP contribution >= 0.6 is 23.2 Å². The summed E-state index contributed by atoms with van der Waals surface area (Å²) in [6.07, 6.45) is 1.70. The molecule has 0 spiro atoms. The van der Waals surface area contributed by atoms with Crippen molar-refractivity contribution in [3.63, 3.8) is 0 Å². The summed E-state index contributed by atoms with van der Waals surface area (Å²) in [6.45, 7) is 1.85. The van der Waals surface area contributed by atoms with E-state index in [0.717, 1.165) is 11.4 Å². The van der Waals surface area contributed by atoms with E-state index in [1.807, 2.05) is 6.92 Å². The molecule has 0 unspecified atom stereocenters. The molecule has 0 amide bonds. The SMILES string of the molecule is Cc1ncc(NCCl)cc1Cl. The standard InChI is InChI=1S/C7H8Cl2N2/c1-5-7(9)2-6(3-10-5)11-4-8/h2-3,11H,4H2,1H3. The number of aromatic nitrogens is 1. The average Bonchev–Trinajstić information content (AvgIpc) is 1.98. The maximum absolute atomic E-state index is 5.80. The Hall–Kier alpha value is -0.470. The second-order valence-corrected chi connectivity index (χ2v) is 2.78. The first kappa shape index (κ1) is 8.62. The van der Waals surface area contributed by atoms with Crippen LogP contribution in [0.4, 0.5) is 5.69 Å². The fourth-order valence-electron chi connectivity index (χ4n) is 0.680. The van der Waals surface area contributed by atoms with Crippen LogP contribution in [-0.4, -0.2) is 11.0 Å². The topological polar surface area (TPSA) is 24.9 Å². The Labute approximate surface area is 75.5 Å². The predicted molar refractivity (Wildman–Crippen MR) is 48.3 cm³/mol. The van der Waals surface area contributed by atoms with E-state index in [9.17, 15) is 0 Å². The first-order valence-corrected chi connectivity index (χ1v) is 4.07. The lowest BCUT2D eigenvalue weighted by molar-refractivity contribution is 1.19. The summed E-state index contributed by atoms with van der Waals surface area (Å²) >= 11 is 11.3. The maximum Gasteiger partial charge on any atom is 0.0902 e. The molecule has 1 rings (SSSR count). The van der Waals surface area contributed by atoms with Gasteiger partial charge < -0.3 is 5.32 Å². The minimum Gasteiger partial charge on any atom is -0.370 e. The predicted octanol–water partition coefficient (Wildman–Crippen LogP) is 2.65. The van der Waals surface area contributed by atoms with Gasteiger partial charge in [0, 0.05) is 0 Å². The number of rotatable bonds is 2. The lowest BCUT2D eigenvalue weighted by Gasteiger charge is -2.02. The second-order valence-electron chi connectivity index (χ2n) is 2.10. The van der Waals surface area contributed by atoms with Crippen LogP contribution in [0.15, 0.2) is 12.3 Å². The van der Waals surface area contributed by atoms with Crippen LogP contribution in [0.1, 0.15) is 5.69 Å². The van der Waals surface area contributed by atoms with Crippen LogP contribution in [0.2, 0.25) is 5.02 Å². The number of pyridine rings is 1. The van der Waals surface area contributed by atoms with Gasteiger partial charge in [0.1, 0.15) is 0 Å². The van der Waals surface area contributed by atoms with Gasteiger partial charge in [-0.15, -0.1) is 11.6 Å². The van der Waals surface area contributed by atoms with Gasteiger partial charge in [0.15, 0.2) is 0 Å². The Bertz CT molecular complexity index is 250. The van der Waals surface area contributed by atoms with Crippen LogP contribution in [0.25, 0.3) is 0 Å². The normalized spacial score (nSPS) is 9.73. The first-order chi connectivity index (χ1) is 5.24. The highest BCUT2D eigenvalue weighted by molar-refractivity contribution is 6.31. The van der Waals surface area contributed by atoms with E-state index >= 15 is 0 Å². The van der Waals surface area contributed by atoms with Gasteiger partial charge in [-0.3, -0.25) is 4.98 Å². The van der Waals surface area contributed by atoms with Crippen LogP contribution in [0, 0.1) is 6.92 Å². The molecule has 60 valence electrons. The minimum absolute atomic E-state index is 0.362. The highest BCUT2D eigenvalue weighted by Crippen LogP contribution is 2.16. The molecule has 1 aromatic heterocycles. The van der Waals surface area contributed by atoms with Crippen molar-refractivity contribution in [1.82, 2.24) is 4.98 Å². The number of halogens is 2. The monoisotopic (exact) mass is 190 g/mol. The number of nitrogens with zero attached hydrogens (tertiary/aromatic N) is 1. The van der Waals surface area contributed by atoms with Crippen molar-refractivity contribution in [3.05, 3.63) is 23.0 Å². The van der Waals surface area contributed by atoms with Crippen molar-refractivity contribution >= 4 is 28.9 Å². The van der Waals surface area contributed by atoms with Crippen molar-refractivity contribution in [3.8, 4) is 0 Å². The van der Waals surface area contributed by atoms with Crippen molar-refractivity contribution in [2.75, 3.05) is 11.3 Å². The first-order valence-electron chi connectivity index (χ1n) is 3.16. The van der Waals surface area contributed by atoms with Gasteiger partial charge in [0.2, 0.25) is 0 Å². The molecule has 1 aromatic rings. The molecule has 0 saturated heterocycles. The molecular weight excluding hydrogens is 183 g/mol. The largest absolute Gasteiger partial charge is 0.370 e. The third-order valence-corrected chi connectivity index (χ3v) is 1.81. The summed E-state index contributed by atoms with van der Waals surface area (Å²) in [5, 5.41) is 3.55. The number of hydrogen-bond donors (Lipinski definition) is 1. The van der Waals surface area contributed by atoms with E-state index in [1.54, 1.807) is 12.3 Å². The second kappa shape index (κ2) is 3.79. The Morgan fingerprint density at radius 2 is 2.36 bits per heavy atom. The molecule has 0 aliphatic heterocycles. The number of hydrogen-bond acceptors (Lipinski definition) is 2. The Morgan fingerprint density at radius 3 is 2.91 bits per heavy atom. The van der Waals surface area contributed by atoms with E-state index in [4.69, 9.17) is 23.2 Å². The number of alkyl halides is 1. The summed E-state index contributed by atoms with van der Waals surface area (Å²) < 4.78 is 0. The summed E-state index contributed by atoms with van der Waals surface area (Å²) in [4.78, 5) is 4.04. The van der Waals surface area contributed by atoms with Gasteiger partial charge in [-0.05, 0) is 13.0 Å². The van der Waals surface area contributed by atoms with E-state index in [2.05, 4.69) is 10.3 Å². The van der Waals surface area contributed by atoms with Crippen molar-refractivity contribution in [1.29, 1.82) is 0 Å². The smallest absolute Gasteiger partial charge is 0.0902 e. The summed E-state index contributed by atoms with van der Waals surface area (Å²) in [5.74, 6) is 0. The zero-order valence-electron chi connectivity index (χ0n) is 6.06. The molecule has 1 heterocycles. The Morgan fingerprint density at radius 1 is 1.64 bits per heavy atom.